The normalized spacial score (nSPS) is 33.2. The number of fused-ring (bicyclic) bond motifs is 1. The lowest BCUT2D eigenvalue weighted by molar-refractivity contribution is 0.0833. The first-order chi connectivity index (χ1) is 18.5. The minimum atomic E-state index is 0.0901. The number of rotatable bonds is 6. The van der Waals surface area contributed by atoms with Crippen LogP contribution in [0, 0.1) is 23.2 Å². The van der Waals surface area contributed by atoms with Crippen LogP contribution < -0.4 is 5.32 Å². The summed E-state index contributed by atoms with van der Waals surface area (Å²) in [7, 11) is 0. The highest BCUT2D eigenvalue weighted by Crippen LogP contribution is 2.66. The van der Waals surface area contributed by atoms with Crippen LogP contribution in [0.15, 0.2) is 24.3 Å². The van der Waals surface area contributed by atoms with Gasteiger partial charge in [0.15, 0.2) is 5.69 Å². The van der Waals surface area contributed by atoms with Gasteiger partial charge in [-0.1, -0.05) is 49.4 Å². The van der Waals surface area contributed by atoms with E-state index < -0.39 is 0 Å². The van der Waals surface area contributed by atoms with Crippen molar-refractivity contribution in [2.24, 2.45) is 23.2 Å². The van der Waals surface area contributed by atoms with Gasteiger partial charge >= 0.3 is 0 Å². The van der Waals surface area contributed by atoms with Gasteiger partial charge in [-0.25, -0.2) is 0 Å². The molecule has 0 saturated heterocycles. The smallest absolute Gasteiger partial charge is 0.272 e. The molecule has 5 fully saturated rings. The lowest BCUT2D eigenvalue weighted by Crippen LogP contribution is -2.47. The molecule has 204 valence electrons. The number of nitrogens with zero attached hydrogens (tertiary/aromatic N) is 2. The second-order valence-corrected chi connectivity index (χ2v) is 14.1. The lowest BCUT2D eigenvalue weighted by Gasteiger charge is -2.38. The van der Waals surface area contributed by atoms with Crippen LogP contribution in [0.3, 0.4) is 0 Å². The van der Waals surface area contributed by atoms with Crippen molar-refractivity contribution >= 4 is 17.5 Å². The topological polar surface area (TPSA) is 46.9 Å². The Morgan fingerprint density at radius 3 is 2.61 bits per heavy atom. The van der Waals surface area contributed by atoms with Gasteiger partial charge < -0.3 is 5.32 Å². The quantitative estimate of drug-likeness (QED) is 0.382. The third-order valence-electron chi connectivity index (χ3n) is 11.4. The van der Waals surface area contributed by atoms with E-state index in [0.717, 1.165) is 54.2 Å². The Hall–Kier alpha value is -1.81. The first-order valence-electron chi connectivity index (χ1n) is 15.7. The molecule has 4 atom stereocenters. The van der Waals surface area contributed by atoms with Gasteiger partial charge in [-0.2, -0.15) is 5.10 Å². The fraction of sp³-hybridized carbons (Fsp3) is 0.697. The average Bonchev–Trinajstić information content (AvgIpc) is 3.43. The monoisotopic (exact) mass is 533 g/mol. The van der Waals surface area contributed by atoms with E-state index in [1.54, 1.807) is 0 Å². The summed E-state index contributed by atoms with van der Waals surface area (Å²) >= 11 is 6.37. The molecule has 6 aliphatic rings. The molecule has 0 spiro atoms. The Morgan fingerprint density at radius 1 is 1.08 bits per heavy atom. The predicted molar refractivity (Wildman–Crippen MR) is 153 cm³/mol. The zero-order valence-electron chi connectivity index (χ0n) is 23.1. The number of carbonyl (C=O) groups excluding carboxylic acids is 1. The molecule has 5 heteroatoms. The fourth-order valence-electron chi connectivity index (χ4n) is 9.90. The molecule has 2 aromatic rings. The van der Waals surface area contributed by atoms with E-state index in [1.807, 2.05) is 6.07 Å². The van der Waals surface area contributed by atoms with Gasteiger partial charge in [0.2, 0.25) is 0 Å². The van der Waals surface area contributed by atoms with Gasteiger partial charge in [0, 0.05) is 28.2 Å². The molecule has 1 N–H and O–H groups in total. The van der Waals surface area contributed by atoms with Crippen LogP contribution in [0.2, 0.25) is 5.02 Å². The standard InChI is InChI=1S/C33H44ClN3O/c1-21(33-19-23-14-24(20-33)17-26(33)16-23)35-32(38)30-29-13-6-5-9-25(15-22-8-7-10-27(34)18-22)31(29)37(36-30)28-11-3-2-4-12-28/h7-8,10,18,21,23-26,28H,2-6,9,11-17,19-20H2,1H3,(H,35,38). The Kier molecular flexibility index (Phi) is 6.61. The highest BCUT2D eigenvalue weighted by Gasteiger charge is 2.60. The van der Waals surface area contributed by atoms with Gasteiger partial charge in [0.1, 0.15) is 0 Å². The zero-order chi connectivity index (χ0) is 25.9. The van der Waals surface area contributed by atoms with Crippen molar-refractivity contribution < 1.29 is 4.79 Å². The summed E-state index contributed by atoms with van der Waals surface area (Å²) in [4.78, 5) is 14.1. The van der Waals surface area contributed by atoms with E-state index in [-0.39, 0.29) is 11.9 Å². The molecule has 1 amide bonds. The summed E-state index contributed by atoms with van der Waals surface area (Å²) in [5.74, 6) is 3.11. The fourth-order valence-corrected chi connectivity index (χ4v) is 10.1. The zero-order valence-corrected chi connectivity index (χ0v) is 23.8. The van der Waals surface area contributed by atoms with Crippen molar-refractivity contribution in [2.45, 2.75) is 121 Å². The van der Waals surface area contributed by atoms with Crippen LogP contribution in [0.4, 0.5) is 0 Å². The van der Waals surface area contributed by atoms with Crippen molar-refractivity contribution in [1.29, 1.82) is 0 Å². The highest BCUT2D eigenvalue weighted by molar-refractivity contribution is 6.30. The maximum atomic E-state index is 14.1. The molecule has 5 saturated carbocycles. The summed E-state index contributed by atoms with van der Waals surface area (Å²) in [5.41, 5.74) is 4.98. The third-order valence-corrected chi connectivity index (χ3v) is 11.7. The van der Waals surface area contributed by atoms with Crippen molar-refractivity contribution in [3.05, 3.63) is 51.8 Å². The number of hydrogen-bond acceptors (Lipinski definition) is 2. The summed E-state index contributed by atoms with van der Waals surface area (Å²) in [5, 5.41) is 9.61. The first kappa shape index (κ1) is 25.2. The van der Waals surface area contributed by atoms with Crippen molar-refractivity contribution in [3.8, 4) is 0 Å². The number of benzene rings is 1. The minimum absolute atomic E-state index is 0.0901. The summed E-state index contributed by atoms with van der Waals surface area (Å²) in [6, 6.07) is 9.01. The number of nitrogens with one attached hydrogen (secondary N) is 1. The van der Waals surface area contributed by atoms with E-state index in [2.05, 4.69) is 35.1 Å². The van der Waals surface area contributed by atoms with Crippen LogP contribution in [-0.4, -0.2) is 21.7 Å². The number of carbonyl (C=O) groups is 1. The number of amides is 1. The Morgan fingerprint density at radius 2 is 1.84 bits per heavy atom. The molecular weight excluding hydrogens is 490 g/mol. The van der Waals surface area contributed by atoms with Crippen LogP contribution in [0.5, 0.6) is 0 Å². The minimum Gasteiger partial charge on any atom is -0.348 e. The summed E-state index contributed by atoms with van der Waals surface area (Å²) < 4.78 is 2.36. The number of aromatic nitrogens is 2. The molecule has 1 heterocycles. The molecule has 1 aromatic heterocycles. The van der Waals surface area contributed by atoms with Crippen LogP contribution in [0.1, 0.15) is 130 Å². The molecule has 0 radical (unpaired) electrons. The Bertz CT molecular complexity index is 1180. The second kappa shape index (κ2) is 9.98. The maximum Gasteiger partial charge on any atom is 0.272 e. The van der Waals surface area contributed by atoms with Crippen LogP contribution in [-0.2, 0) is 12.8 Å². The van der Waals surface area contributed by atoms with E-state index >= 15 is 0 Å². The molecule has 1 aromatic carbocycles. The van der Waals surface area contributed by atoms with Crippen molar-refractivity contribution in [3.63, 3.8) is 0 Å². The molecule has 38 heavy (non-hydrogen) atoms. The third kappa shape index (κ3) is 4.34. The number of hydrogen-bond donors (Lipinski definition) is 1. The SMILES string of the molecule is CC(NC(=O)c1nn(C2CCCCC2)c2c1CCCCC2Cc1cccc(Cl)c1)C12CC3CC(CC1C3)C2. The largest absolute Gasteiger partial charge is 0.348 e. The van der Waals surface area contributed by atoms with Gasteiger partial charge in [-0.3, -0.25) is 9.48 Å². The van der Waals surface area contributed by atoms with Gasteiger partial charge in [-0.15, -0.1) is 0 Å². The molecule has 4 bridgehead atoms. The van der Waals surface area contributed by atoms with Gasteiger partial charge in [0.05, 0.1) is 6.04 Å². The first-order valence-corrected chi connectivity index (χ1v) is 16.0. The molecular formula is C33H44ClN3O. The molecule has 6 aliphatic carbocycles. The Labute approximate surface area is 233 Å². The number of halogens is 1. The van der Waals surface area contributed by atoms with Crippen molar-refractivity contribution in [1.82, 2.24) is 15.1 Å². The maximum absolute atomic E-state index is 14.1. The van der Waals surface area contributed by atoms with E-state index in [9.17, 15) is 4.79 Å². The summed E-state index contributed by atoms with van der Waals surface area (Å²) in [6.45, 7) is 2.31. The van der Waals surface area contributed by atoms with Crippen LogP contribution in [0.25, 0.3) is 0 Å². The summed E-state index contributed by atoms with van der Waals surface area (Å²) in [6.07, 6.45) is 18.5. The molecule has 4 nitrogen and oxygen atoms in total. The molecule has 4 unspecified atom stereocenters. The van der Waals surface area contributed by atoms with Gasteiger partial charge in [-0.05, 0) is 118 Å². The van der Waals surface area contributed by atoms with E-state index in [0.29, 0.717) is 17.4 Å². The average molecular weight is 534 g/mol. The predicted octanol–water partition coefficient (Wildman–Crippen LogP) is 8.04. The van der Waals surface area contributed by atoms with Crippen molar-refractivity contribution in [2.75, 3.05) is 0 Å². The lowest BCUT2D eigenvalue weighted by atomic mass is 9.71. The highest BCUT2D eigenvalue weighted by atomic mass is 35.5. The molecule has 0 aliphatic heterocycles. The van der Waals surface area contributed by atoms with E-state index in [1.165, 1.54) is 87.4 Å². The van der Waals surface area contributed by atoms with Crippen LogP contribution >= 0.6 is 11.6 Å². The Balaban J connectivity index is 1.21. The van der Waals surface area contributed by atoms with E-state index in [4.69, 9.17) is 16.7 Å². The second-order valence-electron chi connectivity index (χ2n) is 13.7. The molecule has 8 rings (SSSR count). The van der Waals surface area contributed by atoms with Gasteiger partial charge in [0.25, 0.3) is 5.91 Å².